The van der Waals surface area contributed by atoms with Crippen LogP contribution in [0, 0.1) is 6.92 Å². The second-order valence-electron chi connectivity index (χ2n) is 3.19. The number of carbonyl (C=O) groups is 1. The van der Waals surface area contributed by atoms with E-state index in [1.54, 1.807) is 12.1 Å². The van der Waals surface area contributed by atoms with Crippen molar-refractivity contribution >= 4 is 5.97 Å². The van der Waals surface area contributed by atoms with Gasteiger partial charge in [-0.25, -0.2) is 0 Å². The largest absolute Gasteiger partial charge is 0.481 e. The number of hydrogen-bond acceptors (Lipinski definition) is 3. The van der Waals surface area contributed by atoms with Crippen LogP contribution in [0.4, 0.5) is 0 Å². The summed E-state index contributed by atoms with van der Waals surface area (Å²) in [6.45, 7) is 1.95. The molecule has 0 spiro atoms. The zero-order chi connectivity index (χ0) is 10.6. The molecule has 0 bridgehead atoms. The average Bonchev–Trinajstić information content (AvgIpc) is 2.15. The fourth-order valence-electron chi connectivity index (χ4n) is 1.21. The number of hydroxylamine groups is 1. The molecular weight excluding hydrogens is 182 g/mol. The van der Waals surface area contributed by atoms with Crippen LogP contribution < -0.4 is 5.48 Å². The van der Waals surface area contributed by atoms with E-state index in [2.05, 4.69) is 0 Å². The summed E-state index contributed by atoms with van der Waals surface area (Å²) in [6, 6.07) is 6.80. The summed E-state index contributed by atoms with van der Waals surface area (Å²) in [4.78, 5) is 10.5. The molecule has 0 fully saturated rings. The number of nitrogens with one attached hydrogen (secondary N) is 1. The predicted octanol–water partition coefficient (Wildman–Crippen LogP) is 1.49. The zero-order valence-electron chi connectivity index (χ0n) is 7.90. The monoisotopic (exact) mass is 195 g/mol. The van der Waals surface area contributed by atoms with E-state index in [4.69, 9.17) is 10.3 Å². The molecule has 0 saturated heterocycles. The Morgan fingerprint density at radius 3 is 2.43 bits per heavy atom. The minimum absolute atomic E-state index is 0.139. The van der Waals surface area contributed by atoms with Crippen molar-refractivity contribution in [1.29, 1.82) is 0 Å². The van der Waals surface area contributed by atoms with Crippen molar-refractivity contribution in [2.24, 2.45) is 0 Å². The lowest BCUT2D eigenvalue weighted by Gasteiger charge is -2.12. The maximum atomic E-state index is 10.5. The molecule has 1 aromatic rings. The van der Waals surface area contributed by atoms with Gasteiger partial charge in [0.05, 0.1) is 12.5 Å². The van der Waals surface area contributed by atoms with Crippen molar-refractivity contribution < 1.29 is 15.1 Å². The van der Waals surface area contributed by atoms with Gasteiger partial charge in [0.1, 0.15) is 0 Å². The maximum Gasteiger partial charge on any atom is 0.305 e. The molecule has 1 atom stereocenters. The van der Waals surface area contributed by atoms with Gasteiger partial charge in [-0.05, 0) is 12.5 Å². The van der Waals surface area contributed by atoms with Crippen LogP contribution in [-0.4, -0.2) is 16.3 Å². The smallest absolute Gasteiger partial charge is 0.305 e. The number of aliphatic carboxylic acids is 1. The van der Waals surface area contributed by atoms with E-state index in [-0.39, 0.29) is 6.42 Å². The van der Waals surface area contributed by atoms with E-state index >= 15 is 0 Å². The first-order chi connectivity index (χ1) is 6.63. The van der Waals surface area contributed by atoms with Crippen molar-refractivity contribution in [2.75, 3.05) is 0 Å². The second-order valence-corrected chi connectivity index (χ2v) is 3.19. The summed E-state index contributed by atoms with van der Waals surface area (Å²) >= 11 is 0. The van der Waals surface area contributed by atoms with Crippen LogP contribution in [0.3, 0.4) is 0 Å². The van der Waals surface area contributed by atoms with E-state index in [9.17, 15) is 4.79 Å². The lowest BCUT2D eigenvalue weighted by molar-refractivity contribution is -0.138. The molecule has 0 radical (unpaired) electrons. The standard InChI is InChI=1S/C10H13NO3/c1-7-2-4-8(5-3-7)9(11-14)6-10(12)13/h2-5,9,11,14H,6H2,1H3,(H,12,13). The molecule has 3 N–H and O–H groups in total. The lowest BCUT2D eigenvalue weighted by atomic mass is 10.0. The molecule has 1 aromatic carbocycles. The van der Waals surface area contributed by atoms with Gasteiger partial charge in [-0.15, -0.1) is 0 Å². The van der Waals surface area contributed by atoms with Crippen molar-refractivity contribution in [2.45, 2.75) is 19.4 Å². The Morgan fingerprint density at radius 1 is 1.43 bits per heavy atom. The number of aryl methyl sites for hydroxylation is 1. The van der Waals surface area contributed by atoms with Crippen LogP contribution in [-0.2, 0) is 4.79 Å². The number of rotatable bonds is 4. The highest BCUT2D eigenvalue weighted by Crippen LogP contribution is 2.16. The Kier molecular flexibility index (Phi) is 3.62. The van der Waals surface area contributed by atoms with Crippen LogP contribution in [0.15, 0.2) is 24.3 Å². The number of benzene rings is 1. The fraction of sp³-hybridized carbons (Fsp3) is 0.300. The first kappa shape index (κ1) is 10.7. The van der Waals surface area contributed by atoms with Crippen molar-refractivity contribution in [3.63, 3.8) is 0 Å². The third-order valence-corrected chi connectivity index (χ3v) is 2.01. The highest BCUT2D eigenvalue weighted by atomic mass is 16.5. The molecule has 0 aliphatic rings. The van der Waals surface area contributed by atoms with E-state index in [1.165, 1.54) is 0 Å². The summed E-state index contributed by atoms with van der Waals surface area (Å²) in [6.07, 6.45) is -0.139. The Hall–Kier alpha value is -1.39. The van der Waals surface area contributed by atoms with Crippen LogP contribution >= 0.6 is 0 Å². The summed E-state index contributed by atoms with van der Waals surface area (Å²) in [5, 5.41) is 17.4. The Labute approximate surface area is 82.1 Å². The average molecular weight is 195 g/mol. The third-order valence-electron chi connectivity index (χ3n) is 2.01. The van der Waals surface area contributed by atoms with Gasteiger partial charge in [-0.2, -0.15) is 5.48 Å². The maximum absolute atomic E-state index is 10.5. The van der Waals surface area contributed by atoms with Gasteiger partial charge in [0, 0.05) is 0 Å². The molecule has 14 heavy (non-hydrogen) atoms. The van der Waals surface area contributed by atoms with Crippen molar-refractivity contribution in [3.05, 3.63) is 35.4 Å². The quantitative estimate of drug-likeness (QED) is 0.636. The van der Waals surface area contributed by atoms with E-state index in [0.29, 0.717) is 0 Å². The first-order valence-corrected chi connectivity index (χ1v) is 4.31. The molecule has 0 aromatic heterocycles. The van der Waals surface area contributed by atoms with Gasteiger partial charge in [0.25, 0.3) is 0 Å². The Morgan fingerprint density at radius 2 is 2.00 bits per heavy atom. The van der Waals surface area contributed by atoms with Gasteiger partial charge >= 0.3 is 5.97 Å². The molecule has 4 heteroatoms. The molecule has 4 nitrogen and oxygen atoms in total. The summed E-state index contributed by atoms with van der Waals surface area (Å²) in [5.41, 5.74) is 3.85. The van der Waals surface area contributed by atoms with Gasteiger partial charge < -0.3 is 10.3 Å². The third kappa shape index (κ3) is 2.83. The van der Waals surface area contributed by atoms with E-state index in [1.807, 2.05) is 24.5 Å². The Bertz CT molecular complexity index is 308. The number of hydrogen-bond donors (Lipinski definition) is 3. The topological polar surface area (TPSA) is 69.6 Å². The second kappa shape index (κ2) is 4.74. The molecule has 0 amide bonds. The van der Waals surface area contributed by atoms with Crippen LogP contribution in [0.1, 0.15) is 23.6 Å². The van der Waals surface area contributed by atoms with Gasteiger partial charge in [0.15, 0.2) is 0 Å². The highest BCUT2D eigenvalue weighted by molar-refractivity contribution is 5.67. The summed E-state index contributed by atoms with van der Waals surface area (Å²) in [7, 11) is 0. The molecule has 76 valence electrons. The molecular formula is C10H13NO3. The van der Waals surface area contributed by atoms with Gasteiger partial charge in [-0.3, -0.25) is 4.79 Å². The van der Waals surface area contributed by atoms with E-state index in [0.717, 1.165) is 11.1 Å². The lowest BCUT2D eigenvalue weighted by Crippen LogP contribution is -2.20. The van der Waals surface area contributed by atoms with Crippen LogP contribution in [0.25, 0.3) is 0 Å². The minimum atomic E-state index is -0.947. The molecule has 0 saturated carbocycles. The molecule has 0 aliphatic carbocycles. The number of carboxylic acids is 1. The Balaban J connectivity index is 2.78. The fourth-order valence-corrected chi connectivity index (χ4v) is 1.21. The van der Waals surface area contributed by atoms with Gasteiger partial charge in [-0.1, -0.05) is 29.8 Å². The minimum Gasteiger partial charge on any atom is -0.481 e. The summed E-state index contributed by atoms with van der Waals surface area (Å²) in [5.74, 6) is -0.947. The van der Waals surface area contributed by atoms with E-state index < -0.39 is 12.0 Å². The molecule has 1 rings (SSSR count). The molecule has 1 unspecified atom stereocenters. The van der Waals surface area contributed by atoms with Crippen molar-refractivity contribution in [1.82, 2.24) is 5.48 Å². The first-order valence-electron chi connectivity index (χ1n) is 4.31. The van der Waals surface area contributed by atoms with Crippen molar-refractivity contribution in [3.8, 4) is 0 Å². The molecule has 0 heterocycles. The zero-order valence-corrected chi connectivity index (χ0v) is 7.90. The van der Waals surface area contributed by atoms with Gasteiger partial charge in [0.2, 0.25) is 0 Å². The van der Waals surface area contributed by atoms with Crippen LogP contribution in [0.2, 0.25) is 0 Å². The van der Waals surface area contributed by atoms with Crippen LogP contribution in [0.5, 0.6) is 0 Å². The predicted molar refractivity (Wildman–Crippen MR) is 51.1 cm³/mol. The highest BCUT2D eigenvalue weighted by Gasteiger charge is 2.13. The SMILES string of the molecule is Cc1ccc(C(CC(=O)O)NO)cc1. The molecule has 0 aliphatic heterocycles. The number of carboxylic acid groups (broad SMARTS) is 1. The normalized spacial score (nSPS) is 12.4. The summed E-state index contributed by atoms with van der Waals surface area (Å²) < 4.78 is 0.